The number of ether oxygens (including phenoxy) is 1. The molecule has 0 amide bonds. The molecule has 3 aromatic carbocycles. The first-order chi connectivity index (χ1) is 12.0. The van der Waals surface area contributed by atoms with Gasteiger partial charge in [0.1, 0.15) is 17.3 Å². The highest BCUT2D eigenvalue weighted by atomic mass is 16.5. The lowest BCUT2D eigenvalue weighted by molar-refractivity contribution is 0.425. The Hall–Kier alpha value is -3.00. The first kappa shape index (κ1) is 16.8. The van der Waals surface area contributed by atoms with Gasteiger partial charge in [-0.15, -0.1) is 0 Å². The highest BCUT2D eigenvalue weighted by Crippen LogP contribution is 2.27. The first-order valence-corrected chi connectivity index (χ1v) is 8.35. The minimum absolute atomic E-state index is 0.280. The standard InChI is InChI=1S/C23H22O2/c1-16-15-22(13-14-23(16)24)25-18(3)17(2)19-9-11-21(12-10-19)20-7-5-4-6-8-20/h4-15,24H,1-3H3. The second-order valence-electron chi connectivity index (χ2n) is 6.17. The number of allylic oxidation sites excluding steroid dienone is 2. The summed E-state index contributed by atoms with van der Waals surface area (Å²) >= 11 is 0. The molecule has 0 aliphatic carbocycles. The van der Waals surface area contributed by atoms with Crippen LogP contribution in [-0.4, -0.2) is 5.11 Å². The van der Waals surface area contributed by atoms with E-state index < -0.39 is 0 Å². The molecule has 1 N–H and O–H groups in total. The van der Waals surface area contributed by atoms with Crippen LogP contribution in [-0.2, 0) is 0 Å². The maximum absolute atomic E-state index is 9.62. The Morgan fingerprint density at radius 2 is 1.44 bits per heavy atom. The van der Waals surface area contributed by atoms with Crippen LogP contribution >= 0.6 is 0 Å². The first-order valence-electron chi connectivity index (χ1n) is 8.35. The molecular formula is C23H22O2. The third-order valence-electron chi connectivity index (χ3n) is 4.39. The molecule has 25 heavy (non-hydrogen) atoms. The van der Waals surface area contributed by atoms with Crippen LogP contribution in [0.2, 0.25) is 0 Å². The van der Waals surface area contributed by atoms with Gasteiger partial charge in [-0.3, -0.25) is 0 Å². The van der Waals surface area contributed by atoms with Crippen molar-refractivity contribution in [2.24, 2.45) is 0 Å². The predicted molar refractivity (Wildman–Crippen MR) is 104 cm³/mol. The van der Waals surface area contributed by atoms with Gasteiger partial charge >= 0.3 is 0 Å². The summed E-state index contributed by atoms with van der Waals surface area (Å²) in [7, 11) is 0. The molecule has 126 valence electrons. The molecule has 0 bridgehead atoms. The fourth-order valence-electron chi connectivity index (χ4n) is 2.69. The van der Waals surface area contributed by atoms with Crippen molar-refractivity contribution in [1.29, 1.82) is 0 Å². The van der Waals surface area contributed by atoms with Crippen molar-refractivity contribution in [2.45, 2.75) is 20.8 Å². The third-order valence-corrected chi connectivity index (χ3v) is 4.39. The monoisotopic (exact) mass is 330 g/mol. The molecule has 0 saturated carbocycles. The van der Waals surface area contributed by atoms with E-state index in [0.29, 0.717) is 0 Å². The van der Waals surface area contributed by atoms with Gasteiger partial charge in [0, 0.05) is 0 Å². The van der Waals surface area contributed by atoms with E-state index >= 15 is 0 Å². The van der Waals surface area contributed by atoms with Crippen molar-refractivity contribution < 1.29 is 9.84 Å². The van der Waals surface area contributed by atoms with Crippen molar-refractivity contribution >= 4 is 5.57 Å². The van der Waals surface area contributed by atoms with E-state index in [4.69, 9.17) is 4.74 Å². The van der Waals surface area contributed by atoms with Crippen LogP contribution in [0.5, 0.6) is 11.5 Å². The predicted octanol–water partition coefficient (Wildman–Crippen LogP) is 6.20. The summed E-state index contributed by atoms with van der Waals surface area (Å²) < 4.78 is 5.95. The minimum Gasteiger partial charge on any atom is -0.508 e. The van der Waals surface area contributed by atoms with Gasteiger partial charge in [0.05, 0.1) is 0 Å². The second kappa shape index (κ2) is 7.27. The van der Waals surface area contributed by atoms with Crippen LogP contribution in [0.4, 0.5) is 0 Å². The van der Waals surface area contributed by atoms with Gasteiger partial charge in [-0.2, -0.15) is 0 Å². The molecule has 0 aromatic heterocycles. The SMILES string of the molecule is CC(Oc1ccc(O)c(C)c1)=C(C)c1ccc(-c2ccccc2)cc1. The molecule has 0 unspecified atom stereocenters. The van der Waals surface area contributed by atoms with E-state index in [0.717, 1.165) is 28.2 Å². The van der Waals surface area contributed by atoms with Crippen molar-refractivity contribution in [3.8, 4) is 22.6 Å². The fraction of sp³-hybridized carbons (Fsp3) is 0.130. The maximum atomic E-state index is 9.62. The van der Waals surface area contributed by atoms with Crippen LogP contribution in [0.15, 0.2) is 78.6 Å². The molecule has 0 spiro atoms. The number of hydrogen-bond acceptors (Lipinski definition) is 2. The summed E-state index contributed by atoms with van der Waals surface area (Å²) in [6, 6.07) is 24.1. The number of aromatic hydroxyl groups is 1. The van der Waals surface area contributed by atoms with E-state index in [1.807, 2.05) is 38.1 Å². The lowest BCUT2D eigenvalue weighted by Crippen LogP contribution is -1.95. The normalized spacial score (nSPS) is 11.8. The Morgan fingerprint density at radius 3 is 2.08 bits per heavy atom. The molecule has 0 aliphatic rings. The Labute approximate surface area is 149 Å². The number of aryl methyl sites for hydroxylation is 1. The van der Waals surface area contributed by atoms with Gasteiger partial charge in [0.2, 0.25) is 0 Å². The van der Waals surface area contributed by atoms with Gasteiger partial charge in [0.25, 0.3) is 0 Å². The Bertz CT molecular complexity index is 891. The van der Waals surface area contributed by atoms with E-state index in [2.05, 4.69) is 43.3 Å². The zero-order valence-corrected chi connectivity index (χ0v) is 14.8. The van der Waals surface area contributed by atoms with Gasteiger partial charge in [-0.05, 0) is 66.8 Å². The number of phenolic OH excluding ortho intramolecular Hbond substituents is 1. The smallest absolute Gasteiger partial charge is 0.127 e. The highest BCUT2D eigenvalue weighted by Gasteiger charge is 2.06. The molecule has 2 heteroatoms. The van der Waals surface area contributed by atoms with Crippen LogP contribution in [0, 0.1) is 6.92 Å². The number of rotatable bonds is 4. The summed E-state index contributed by atoms with van der Waals surface area (Å²) in [5.74, 6) is 1.85. The van der Waals surface area contributed by atoms with Crippen LogP contribution in [0.1, 0.15) is 25.0 Å². The summed E-state index contributed by atoms with van der Waals surface area (Å²) in [5, 5.41) is 9.62. The highest BCUT2D eigenvalue weighted by molar-refractivity contribution is 5.70. The topological polar surface area (TPSA) is 29.5 Å². The largest absolute Gasteiger partial charge is 0.508 e. The zero-order chi connectivity index (χ0) is 17.8. The molecule has 0 radical (unpaired) electrons. The molecular weight excluding hydrogens is 308 g/mol. The van der Waals surface area contributed by atoms with Crippen molar-refractivity contribution in [2.75, 3.05) is 0 Å². The summed E-state index contributed by atoms with van der Waals surface area (Å²) in [6.45, 7) is 5.87. The second-order valence-corrected chi connectivity index (χ2v) is 6.17. The molecule has 0 saturated heterocycles. The molecule has 0 fully saturated rings. The lowest BCUT2D eigenvalue weighted by atomic mass is 10.0. The minimum atomic E-state index is 0.280. The Balaban J connectivity index is 1.82. The summed E-state index contributed by atoms with van der Waals surface area (Å²) in [5.41, 5.74) is 5.43. The van der Waals surface area contributed by atoms with Crippen molar-refractivity contribution in [3.05, 3.63) is 89.7 Å². The van der Waals surface area contributed by atoms with Gasteiger partial charge < -0.3 is 9.84 Å². The van der Waals surface area contributed by atoms with Crippen LogP contribution in [0.3, 0.4) is 0 Å². The number of benzene rings is 3. The van der Waals surface area contributed by atoms with Gasteiger partial charge in [0.15, 0.2) is 0 Å². The van der Waals surface area contributed by atoms with E-state index in [9.17, 15) is 5.11 Å². The number of hydrogen-bond donors (Lipinski definition) is 1. The number of phenols is 1. The van der Waals surface area contributed by atoms with Gasteiger partial charge in [-0.1, -0.05) is 54.6 Å². The Morgan fingerprint density at radius 1 is 0.800 bits per heavy atom. The fourth-order valence-corrected chi connectivity index (χ4v) is 2.69. The van der Waals surface area contributed by atoms with Gasteiger partial charge in [-0.25, -0.2) is 0 Å². The van der Waals surface area contributed by atoms with E-state index in [-0.39, 0.29) is 5.75 Å². The van der Waals surface area contributed by atoms with Crippen molar-refractivity contribution in [1.82, 2.24) is 0 Å². The van der Waals surface area contributed by atoms with E-state index in [1.165, 1.54) is 11.1 Å². The quantitative estimate of drug-likeness (QED) is 0.577. The molecule has 0 heterocycles. The summed E-state index contributed by atoms with van der Waals surface area (Å²) in [6.07, 6.45) is 0. The average Bonchev–Trinajstić information content (AvgIpc) is 2.65. The molecule has 0 atom stereocenters. The third kappa shape index (κ3) is 3.92. The zero-order valence-electron chi connectivity index (χ0n) is 14.8. The summed E-state index contributed by atoms with van der Waals surface area (Å²) in [4.78, 5) is 0. The van der Waals surface area contributed by atoms with Crippen molar-refractivity contribution in [3.63, 3.8) is 0 Å². The molecule has 3 aromatic rings. The van der Waals surface area contributed by atoms with Crippen LogP contribution in [0.25, 0.3) is 16.7 Å². The average molecular weight is 330 g/mol. The molecule has 0 aliphatic heterocycles. The lowest BCUT2D eigenvalue weighted by Gasteiger charge is -2.12. The molecule has 2 nitrogen and oxygen atoms in total. The van der Waals surface area contributed by atoms with E-state index in [1.54, 1.807) is 12.1 Å². The molecule has 3 rings (SSSR count). The maximum Gasteiger partial charge on any atom is 0.127 e. The van der Waals surface area contributed by atoms with Crippen LogP contribution < -0.4 is 4.74 Å². The Kier molecular flexibility index (Phi) is 4.90.